The van der Waals surface area contributed by atoms with Crippen LogP contribution in [0.25, 0.3) is 11.0 Å². The summed E-state index contributed by atoms with van der Waals surface area (Å²) in [6.45, 7) is 3.91. The van der Waals surface area contributed by atoms with Crippen LogP contribution in [-0.2, 0) is 11.2 Å². The minimum Gasteiger partial charge on any atom is -0.497 e. The third-order valence-electron chi connectivity index (χ3n) is 5.97. The Kier molecular flexibility index (Phi) is 6.26. The van der Waals surface area contributed by atoms with Gasteiger partial charge in [-0.3, -0.25) is 4.79 Å². The quantitative estimate of drug-likeness (QED) is 0.587. The number of hydrogen-bond donors (Lipinski definition) is 1. The minimum absolute atomic E-state index is 0.113. The van der Waals surface area contributed by atoms with Gasteiger partial charge in [0.1, 0.15) is 11.3 Å². The standard InChI is InChI=1S/C25H28N2O4/c1-17-19-11-10-18(30-2)16-23(19)31-25(29)20(17)12-13-24(28)26-21-8-4-5-9-22(21)27-14-6-3-7-15-27/h4-5,8-11,16H,3,6-7,12-15H2,1-2H3,(H,26,28). The van der Waals surface area contributed by atoms with E-state index in [4.69, 9.17) is 9.15 Å². The number of nitrogens with one attached hydrogen (secondary N) is 1. The van der Waals surface area contributed by atoms with E-state index >= 15 is 0 Å². The normalized spacial score (nSPS) is 13.9. The van der Waals surface area contributed by atoms with Gasteiger partial charge in [0.15, 0.2) is 0 Å². The lowest BCUT2D eigenvalue weighted by Crippen LogP contribution is -2.30. The van der Waals surface area contributed by atoms with Gasteiger partial charge in [0.05, 0.1) is 18.5 Å². The van der Waals surface area contributed by atoms with Gasteiger partial charge in [-0.2, -0.15) is 0 Å². The number of rotatable bonds is 6. The molecule has 2 aromatic carbocycles. The summed E-state index contributed by atoms with van der Waals surface area (Å²) in [6, 6.07) is 13.3. The van der Waals surface area contributed by atoms with Crippen LogP contribution in [0.5, 0.6) is 5.75 Å². The van der Waals surface area contributed by atoms with Gasteiger partial charge in [0.2, 0.25) is 5.91 Å². The van der Waals surface area contributed by atoms with Crippen molar-refractivity contribution in [3.63, 3.8) is 0 Å². The van der Waals surface area contributed by atoms with Crippen LogP contribution in [0, 0.1) is 6.92 Å². The largest absolute Gasteiger partial charge is 0.497 e. The summed E-state index contributed by atoms with van der Waals surface area (Å²) in [6.07, 6.45) is 4.14. The molecule has 0 atom stereocenters. The van der Waals surface area contributed by atoms with Gasteiger partial charge in [0.25, 0.3) is 0 Å². The second-order valence-corrected chi connectivity index (χ2v) is 7.97. The Bertz CT molecular complexity index is 1150. The van der Waals surface area contributed by atoms with Crippen molar-refractivity contribution in [2.24, 2.45) is 0 Å². The fourth-order valence-electron chi connectivity index (χ4n) is 4.23. The maximum Gasteiger partial charge on any atom is 0.339 e. The lowest BCUT2D eigenvalue weighted by molar-refractivity contribution is -0.116. The number of carbonyl (C=O) groups excluding carboxylic acids is 1. The molecule has 1 amide bonds. The monoisotopic (exact) mass is 420 g/mol. The molecule has 2 heterocycles. The first-order chi connectivity index (χ1) is 15.1. The summed E-state index contributed by atoms with van der Waals surface area (Å²) in [4.78, 5) is 27.6. The van der Waals surface area contributed by atoms with Crippen LogP contribution in [-0.4, -0.2) is 26.1 Å². The zero-order valence-electron chi connectivity index (χ0n) is 18.1. The topological polar surface area (TPSA) is 71.8 Å². The molecule has 1 saturated heterocycles. The third-order valence-corrected chi connectivity index (χ3v) is 5.97. The highest BCUT2D eigenvalue weighted by molar-refractivity contribution is 5.94. The molecule has 4 rings (SSSR count). The van der Waals surface area contributed by atoms with Gasteiger partial charge >= 0.3 is 5.63 Å². The number of fused-ring (bicyclic) bond motifs is 1. The van der Waals surface area contributed by atoms with E-state index in [9.17, 15) is 9.59 Å². The molecule has 1 fully saturated rings. The van der Waals surface area contributed by atoms with Crippen molar-refractivity contribution in [2.45, 2.75) is 39.0 Å². The molecule has 1 aromatic heterocycles. The van der Waals surface area contributed by atoms with Crippen molar-refractivity contribution in [1.82, 2.24) is 0 Å². The molecule has 0 unspecified atom stereocenters. The first-order valence-corrected chi connectivity index (χ1v) is 10.8. The number of aryl methyl sites for hydroxylation is 1. The minimum atomic E-state index is -0.403. The number of amides is 1. The first kappa shape index (κ1) is 21.0. The molecule has 0 saturated carbocycles. The smallest absolute Gasteiger partial charge is 0.339 e. The van der Waals surface area contributed by atoms with Crippen molar-refractivity contribution in [2.75, 3.05) is 30.4 Å². The van der Waals surface area contributed by atoms with E-state index in [1.54, 1.807) is 13.2 Å². The van der Waals surface area contributed by atoms with Crippen LogP contribution < -0.4 is 20.6 Å². The summed E-state index contributed by atoms with van der Waals surface area (Å²) >= 11 is 0. The molecule has 1 aliphatic rings. The zero-order chi connectivity index (χ0) is 21.8. The van der Waals surface area contributed by atoms with Gasteiger partial charge in [-0.05, 0) is 62.4 Å². The van der Waals surface area contributed by atoms with Crippen molar-refractivity contribution < 1.29 is 13.9 Å². The Balaban J connectivity index is 1.48. The molecular weight excluding hydrogens is 392 g/mol. The summed E-state index contributed by atoms with van der Waals surface area (Å²) in [5.41, 5.74) is 3.35. The number of anilines is 2. The number of ether oxygens (including phenoxy) is 1. The maximum atomic E-state index is 12.7. The van der Waals surface area contributed by atoms with E-state index in [0.29, 0.717) is 23.3 Å². The Morgan fingerprint density at radius 2 is 1.90 bits per heavy atom. The van der Waals surface area contributed by atoms with Gasteiger partial charge in [-0.1, -0.05) is 12.1 Å². The summed E-state index contributed by atoms with van der Waals surface area (Å²) in [5.74, 6) is 0.521. The summed E-state index contributed by atoms with van der Waals surface area (Å²) in [5, 5.41) is 3.89. The molecule has 3 aromatic rings. The van der Waals surface area contributed by atoms with Crippen molar-refractivity contribution >= 4 is 28.3 Å². The molecular formula is C25H28N2O4. The van der Waals surface area contributed by atoms with Crippen LogP contribution in [0.15, 0.2) is 51.7 Å². The van der Waals surface area contributed by atoms with Crippen LogP contribution in [0.1, 0.15) is 36.8 Å². The highest BCUT2D eigenvalue weighted by atomic mass is 16.5. The maximum absolute atomic E-state index is 12.7. The van der Waals surface area contributed by atoms with Crippen molar-refractivity contribution in [1.29, 1.82) is 0 Å². The Morgan fingerprint density at radius 1 is 1.13 bits per heavy atom. The number of methoxy groups -OCH3 is 1. The Hall–Kier alpha value is -3.28. The van der Waals surface area contributed by atoms with E-state index < -0.39 is 5.63 Å². The van der Waals surface area contributed by atoms with Crippen LogP contribution >= 0.6 is 0 Å². The number of hydrogen-bond acceptors (Lipinski definition) is 5. The average Bonchev–Trinajstić information content (AvgIpc) is 2.79. The Morgan fingerprint density at radius 3 is 2.68 bits per heavy atom. The number of carbonyl (C=O) groups is 1. The highest BCUT2D eigenvalue weighted by Crippen LogP contribution is 2.29. The predicted octanol–water partition coefficient (Wildman–Crippen LogP) is 4.67. The molecule has 0 aliphatic carbocycles. The average molecular weight is 421 g/mol. The van der Waals surface area contributed by atoms with E-state index in [1.165, 1.54) is 19.3 Å². The van der Waals surface area contributed by atoms with Crippen molar-refractivity contribution in [3.8, 4) is 5.75 Å². The molecule has 6 heteroatoms. The lowest BCUT2D eigenvalue weighted by atomic mass is 10.0. The molecule has 1 aliphatic heterocycles. The molecule has 0 spiro atoms. The highest BCUT2D eigenvalue weighted by Gasteiger charge is 2.17. The summed E-state index contributed by atoms with van der Waals surface area (Å²) in [7, 11) is 1.57. The molecule has 162 valence electrons. The number of nitrogens with zero attached hydrogens (tertiary/aromatic N) is 1. The van der Waals surface area contributed by atoms with Gasteiger partial charge in [0, 0.05) is 36.5 Å². The van der Waals surface area contributed by atoms with Gasteiger partial charge in [-0.15, -0.1) is 0 Å². The van der Waals surface area contributed by atoms with Crippen LogP contribution in [0.4, 0.5) is 11.4 Å². The second-order valence-electron chi connectivity index (χ2n) is 7.97. The summed E-state index contributed by atoms with van der Waals surface area (Å²) < 4.78 is 10.7. The van der Waals surface area contributed by atoms with Crippen LogP contribution in [0.3, 0.4) is 0 Å². The number of piperidine rings is 1. The fraction of sp³-hybridized carbons (Fsp3) is 0.360. The second kappa shape index (κ2) is 9.25. The lowest BCUT2D eigenvalue weighted by Gasteiger charge is -2.30. The number of para-hydroxylation sites is 2. The fourth-order valence-corrected chi connectivity index (χ4v) is 4.23. The zero-order valence-corrected chi connectivity index (χ0v) is 18.1. The molecule has 6 nitrogen and oxygen atoms in total. The molecule has 1 N–H and O–H groups in total. The molecule has 0 bridgehead atoms. The number of benzene rings is 2. The van der Waals surface area contributed by atoms with E-state index in [-0.39, 0.29) is 12.3 Å². The van der Waals surface area contributed by atoms with Gasteiger partial charge in [-0.25, -0.2) is 4.79 Å². The van der Waals surface area contributed by atoms with Crippen LogP contribution in [0.2, 0.25) is 0 Å². The van der Waals surface area contributed by atoms with Crippen molar-refractivity contribution in [3.05, 3.63) is 64.0 Å². The molecule has 31 heavy (non-hydrogen) atoms. The van der Waals surface area contributed by atoms with Gasteiger partial charge < -0.3 is 19.4 Å². The van der Waals surface area contributed by atoms with E-state index in [1.807, 2.05) is 37.3 Å². The predicted molar refractivity (Wildman–Crippen MR) is 123 cm³/mol. The SMILES string of the molecule is COc1ccc2c(C)c(CCC(=O)Nc3ccccc3N3CCCCC3)c(=O)oc2c1. The molecule has 0 radical (unpaired) electrons. The van der Waals surface area contributed by atoms with E-state index in [2.05, 4.69) is 16.3 Å². The van der Waals surface area contributed by atoms with E-state index in [0.717, 1.165) is 35.4 Å². The first-order valence-electron chi connectivity index (χ1n) is 10.8. The Labute approximate surface area is 181 Å². The third kappa shape index (κ3) is 4.58.